The molecule has 1 rings (SSSR count). The van der Waals surface area contributed by atoms with Gasteiger partial charge in [0.2, 0.25) is 0 Å². The second kappa shape index (κ2) is 4.96. The molecule has 1 aromatic rings. The molecule has 3 amide bonds. The van der Waals surface area contributed by atoms with Gasteiger partial charge in [0.15, 0.2) is 0 Å². The number of aromatic nitrogens is 1. The molecular formula is C9H13N5O2. The molecule has 86 valence electrons. The minimum absolute atomic E-state index is 0.160. The Kier molecular flexibility index (Phi) is 3.65. The maximum Gasteiger partial charge on any atom is 0.320 e. The predicted octanol–water partition coefficient (Wildman–Crippen LogP) is -0.225. The fourth-order valence-corrected chi connectivity index (χ4v) is 1.07. The van der Waals surface area contributed by atoms with E-state index >= 15 is 0 Å². The van der Waals surface area contributed by atoms with Gasteiger partial charge in [-0.2, -0.15) is 0 Å². The molecule has 0 radical (unpaired) electrons. The van der Waals surface area contributed by atoms with Gasteiger partial charge in [0.1, 0.15) is 11.6 Å². The van der Waals surface area contributed by atoms with E-state index in [1.807, 2.05) is 0 Å². The van der Waals surface area contributed by atoms with Gasteiger partial charge < -0.3 is 16.4 Å². The lowest BCUT2D eigenvalue weighted by Gasteiger charge is -2.06. The second-order valence-corrected chi connectivity index (χ2v) is 2.95. The van der Waals surface area contributed by atoms with Crippen molar-refractivity contribution in [2.75, 3.05) is 25.1 Å². The summed E-state index contributed by atoms with van der Waals surface area (Å²) in [6.07, 6.45) is 0. The monoisotopic (exact) mass is 223 g/mol. The first-order valence-corrected chi connectivity index (χ1v) is 4.55. The van der Waals surface area contributed by atoms with Crippen LogP contribution in [0.5, 0.6) is 0 Å². The third-order valence-electron chi connectivity index (χ3n) is 1.80. The fraction of sp³-hybridized carbons (Fsp3) is 0.222. The normalized spacial score (nSPS) is 9.38. The first-order valence-electron chi connectivity index (χ1n) is 4.55. The molecular weight excluding hydrogens is 210 g/mol. The predicted molar refractivity (Wildman–Crippen MR) is 60.1 cm³/mol. The van der Waals surface area contributed by atoms with Crippen LogP contribution in [-0.4, -0.2) is 31.0 Å². The number of hydrogen-bond donors (Lipinski definition) is 4. The van der Waals surface area contributed by atoms with E-state index in [0.29, 0.717) is 5.56 Å². The Balaban J connectivity index is 2.98. The molecule has 0 fully saturated rings. The van der Waals surface area contributed by atoms with Gasteiger partial charge in [-0.15, -0.1) is 0 Å². The number of hydrogen-bond acceptors (Lipinski definition) is 4. The number of pyridine rings is 1. The summed E-state index contributed by atoms with van der Waals surface area (Å²) >= 11 is 0. The SMILES string of the molecule is CNC(=O)Nc1cc(C(=O)NC)cc(N)n1. The number of carbonyl (C=O) groups excluding carboxylic acids is 2. The van der Waals surface area contributed by atoms with Gasteiger partial charge in [0.25, 0.3) is 5.91 Å². The number of nitrogens with one attached hydrogen (secondary N) is 3. The summed E-state index contributed by atoms with van der Waals surface area (Å²) in [6, 6.07) is 2.43. The topological polar surface area (TPSA) is 109 Å². The van der Waals surface area contributed by atoms with Gasteiger partial charge in [0, 0.05) is 19.7 Å². The van der Waals surface area contributed by atoms with Crippen molar-refractivity contribution in [2.24, 2.45) is 0 Å². The van der Waals surface area contributed by atoms with Gasteiger partial charge in [-0.1, -0.05) is 0 Å². The minimum atomic E-state index is -0.430. The van der Waals surface area contributed by atoms with Crippen molar-refractivity contribution in [3.8, 4) is 0 Å². The van der Waals surface area contributed by atoms with Gasteiger partial charge >= 0.3 is 6.03 Å². The van der Waals surface area contributed by atoms with Crippen LogP contribution in [0, 0.1) is 0 Å². The van der Waals surface area contributed by atoms with Gasteiger partial charge in [-0.25, -0.2) is 9.78 Å². The first kappa shape index (κ1) is 11.8. The van der Waals surface area contributed by atoms with Gasteiger partial charge in [-0.05, 0) is 12.1 Å². The largest absolute Gasteiger partial charge is 0.384 e. The minimum Gasteiger partial charge on any atom is -0.384 e. The lowest BCUT2D eigenvalue weighted by atomic mass is 10.2. The highest BCUT2D eigenvalue weighted by molar-refractivity contribution is 5.96. The molecule has 0 aliphatic heterocycles. The van der Waals surface area contributed by atoms with E-state index in [1.54, 1.807) is 0 Å². The van der Waals surface area contributed by atoms with Crippen molar-refractivity contribution in [1.82, 2.24) is 15.6 Å². The van der Waals surface area contributed by atoms with Crippen molar-refractivity contribution in [3.05, 3.63) is 17.7 Å². The van der Waals surface area contributed by atoms with E-state index in [1.165, 1.54) is 26.2 Å². The van der Waals surface area contributed by atoms with Crippen LogP contribution >= 0.6 is 0 Å². The van der Waals surface area contributed by atoms with Crippen molar-refractivity contribution in [3.63, 3.8) is 0 Å². The van der Waals surface area contributed by atoms with Crippen molar-refractivity contribution < 1.29 is 9.59 Å². The number of rotatable bonds is 2. The molecule has 1 heterocycles. The molecule has 0 bridgehead atoms. The van der Waals surface area contributed by atoms with Gasteiger partial charge in [0.05, 0.1) is 0 Å². The Morgan fingerprint density at radius 2 is 1.94 bits per heavy atom. The van der Waals surface area contributed by atoms with E-state index < -0.39 is 6.03 Å². The van der Waals surface area contributed by atoms with Crippen LogP contribution in [0.4, 0.5) is 16.4 Å². The van der Waals surface area contributed by atoms with Crippen LogP contribution in [0.3, 0.4) is 0 Å². The molecule has 7 nitrogen and oxygen atoms in total. The van der Waals surface area contributed by atoms with E-state index in [9.17, 15) is 9.59 Å². The van der Waals surface area contributed by atoms with Crippen LogP contribution in [0.15, 0.2) is 12.1 Å². The Morgan fingerprint density at radius 3 is 2.50 bits per heavy atom. The summed E-state index contributed by atoms with van der Waals surface area (Å²) in [5.41, 5.74) is 5.84. The summed E-state index contributed by atoms with van der Waals surface area (Å²) in [7, 11) is 2.98. The zero-order chi connectivity index (χ0) is 12.1. The third kappa shape index (κ3) is 2.84. The number of carbonyl (C=O) groups is 2. The van der Waals surface area contributed by atoms with E-state index in [4.69, 9.17) is 5.73 Å². The van der Waals surface area contributed by atoms with Crippen LogP contribution in [0.2, 0.25) is 0 Å². The van der Waals surface area contributed by atoms with Crippen molar-refractivity contribution in [2.45, 2.75) is 0 Å². The maximum atomic E-state index is 11.4. The highest BCUT2D eigenvalue weighted by Gasteiger charge is 2.08. The summed E-state index contributed by atoms with van der Waals surface area (Å²) in [4.78, 5) is 26.3. The van der Waals surface area contributed by atoms with E-state index in [-0.39, 0.29) is 17.5 Å². The quantitative estimate of drug-likeness (QED) is 0.555. The zero-order valence-corrected chi connectivity index (χ0v) is 9.00. The molecule has 0 atom stereocenters. The lowest BCUT2D eigenvalue weighted by Crippen LogP contribution is -2.25. The third-order valence-corrected chi connectivity index (χ3v) is 1.80. The number of nitrogens with zero attached hydrogens (tertiary/aromatic N) is 1. The molecule has 0 unspecified atom stereocenters. The number of urea groups is 1. The van der Waals surface area contributed by atoms with E-state index in [0.717, 1.165) is 0 Å². The molecule has 1 aromatic heterocycles. The van der Waals surface area contributed by atoms with Gasteiger partial charge in [-0.3, -0.25) is 10.1 Å². The molecule has 0 saturated heterocycles. The number of nitrogen functional groups attached to an aromatic ring is 1. The van der Waals surface area contributed by atoms with E-state index in [2.05, 4.69) is 20.9 Å². The molecule has 0 aliphatic carbocycles. The Hall–Kier alpha value is -2.31. The first-order chi connectivity index (χ1) is 7.56. The molecule has 16 heavy (non-hydrogen) atoms. The number of amides is 3. The standard InChI is InChI=1S/C9H13N5O2/c1-11-8(15)5-3-6(10)13-7(4-5)14-9(16)12-2/h3-4H,1-2H3,(H,11,15)(H4,10,12,13,14,16). The number of nitrogens with two attached hydrogens (primary N) is 1. The second-order valence-electron chi connectivity index (χ2n) is 2.95. The molecule has 7 heteroatoms. The Morgan fingerprint density at radius 1 is 1.25 bits per heavy atom. The average molecular weight is 223 g/mol. The highest BCUT2D eigenvalue weighted by atomic mass is 16.2. The van der Waals surface area contributed by atoms with Crippen LogP contribution in [-0.2, 0) is 0 Å². The summed E-state index contributed by atoms with van der Waals surface area (Å²) in [5, 5.41) is 7.25. The van der Waals surface area contributed by atoms with Crippen LogP contribution in [0.25, 0.3) is 0 Å². The highest BCUT2D eigenvalue weighted by Crippen LogP contribution is 2.11. The fourth-order valence-electron chi connectivity index (χ4n) is 1.07. The van der Waals surface area contributed by atoms with Crippen LogP contribution in [0.1, 0.15) is 10.4 Å². The summed E-state index contributed by atoms with van der Waals surface area (Å²) in [6.45, 7) is 0. The molecule has 0 saturated carbocycles. The zero-order valence-electron chi connectivity index (χ0n) is 9.00. The van der Waals surface area contributed by atoms with Crippen molar-refractivity contribution >= 4 is 23.6 Å². The average Bonchev–Trinajstić information content (AvgIpc) is 2.27. The summed E-state index contributed by atoms with van der Waals surface area (Å²) in [5.74, 6) is 0.0829. The molecule has 0 spiro atoms. The summed E-state index contributed by atoms with van der Waals surface area (Å²) < 4.78 is 0. The Bertz CT molecular complexity index is 418. The lowest BCUT2D eigenvalue weighted by molar-refractivity contribution is 0.0963. The molecule has 5 N–H and O–H groups in total. The molecule has 0 aromatic carbocycles. The maximum absolute atomic E-state index is 11.4. The smallest absolute Gasteiger partial charge is 0.320 e. The Labute approximate surface area is 92.4 Å². The number of anilines is 2. The van der Waals surface area contributed by atoms with Crippen LogP contribution < -0.4 is 21.7 Å². The van der Waals surface area contributed by atoms with Crippen molar-refractivity contribution in [1.29, 1.82) is 0 Å². The molecule has 0 aliphatic rings.